The van der Waals surface area contributed by atoms with Gasteiger partial charge in [0.05, 0.1) is 0 Å². The first-order chi connectivity index (χ1) is 9.27. The summed E-state index contributed by atoms with van der Waals surface area (Å²) in [5, 5.41) is 12.5. The second kappa shape index (κ2) is 5.26. The van der Waals surface area contributed by atoms with Crippen LogP contribution in [0.25, 0.3) is 0 Å². The molecule has 5 heteroatoms. The molecule has 0 bridgehead atoms. The van der Waals surface area contributed by atoms with E-state index in [2.05, 4.69) is 19.2 Å². The molecule has 2 fully saturated rings. The maximum absolute atomic E-state index is 12.5. The number of carbonyl (C=O) groups is 2. The highest BCUT2D eigenvalue weighted by atomic mass is 16.4. The van der Waals surface area contributed by atoms with Crippen molar-refractivity contribution in [1.82, 2.24) is 10.2 Å². The van der Waals surface area contributed by atoms with E-state index in [1.807, 2.05) is 0 Å². The number of hydrogen-bond donors (Lipinski definition) is 2. The van der Waals surface area contributed by atoms with Crippen LogP contribution in [0.3, 0.4) is 0 Å². The standard InChI is InChI=1S/C15H26N2O3/c1-14(2)8-6-7-11(14)16-13(20)17-10-5-4-9-15(17,3)12(18)19/h11H,4-10H2,1-3H3,(H,16,20)(H,18,19). The predicted octanol–water partition coefficient (Wildman–Crippen LogP) is 2.60. The minimum Gasteiger partial charge on any atom is -0.480 e. The Hall–Kier alpha value is -1.26. The molecule has 0 aromatic carbocycles. The van der Waals surface area contributed by atoms with Crippen molar-refractivity contribution < 1.29 is 14.7 Å². The first kappa shape index (κ1) is 15.1. The van der Waals surface area contributed by atoms with Crippen molar-refractivity contribution in [1.29, 1.82) is 0 Å². The molecular weight excluding hydrogens is 256 g/mol. The number of aliphatic carboxylic acids is 1. The lowest BCUT2D eigenvalue weighted by atomic mass is 9.87. The van der Waals surface area contributed by atoms with E-state index in [4.69, 9.17) is 0 Å². The minimum absolute atomic E-state index is 0.102. The van der Waals surface area contributed by atoms with Crippen molar-refractivity contribution in [2.24, 2.45) is 5.41 Å². The number of amides is 2. The van der Waals surface area contributed by atoms with E-state index in [0.29, 0.717) is 13.0 Å². The van der Waals surface area contributed by atoms with Crippen LogP contribution in [0.4, 0.5) is 4.79 Å². The van der Waals surface area contributed by atoms with Gasteiger partial charge in [0.25, 0.3) is 0 Å². The lowest BCUT2D eigenvalue weighted by molar-refractivity contribution is -0.150. The Labute approximate surface area is 120 Å². The van der Waals surface area contributed by atoms with Crippen molar-refractivity contribution >= 4 is 12.0 Å². The van der Waals surface area contributed by atoms with Crippen LogP contribution in [-0.4, -0.2) is 40.1 Å². The zero-order valence-corrected chi connectivity index (χ0v) is 12.7. The van der Waals surface area contributed by atoms with Gasteiger partial charge < -0.3 is 15.3 Å². The molecule has 2 rings (SSSR count). The summed E-state index contributed by atoms with van der Waals surface area (Å²) in [5.74, 6) is -0.905. The maximum atomic E-state index is 12.5. The molecule has 20 heavy (non-hydrogen) atoms. The Bertz CT molecular complexity index is 408. The van der Waals surface area contributed by atoms with Crippen molar-refractivity contribution in [3.05, 3.63) is 0 Å². The number of nitrogens with one attached hydrogen (secondary N) is 1. The third-order valence-electron chi connectivity index (χ3n) is 5.15. The normalized spacial score (nSPS) is 33.0. The van der Waals surface area contributed by atoms with E-state index in [1.165, 1.54) is 4.90 Å². The largest absolute Gasteiger partial charge is 0.480 e. The van der Waals surface area contributed by atoms with E-state index in [1.54, 1.807) is 6.92 Å². The van der Waals surface area contributed by atoms with Crippen molar-refractivity contribution in [3.8, 4) is 0 Å². The van der Waals surface area contributed by atoms with Gasteiger partial charge in [-0.15, -0.1) is 0 Å². The molecule has 1 heterocycles. The predicted molar refractivity (Wildman–Crippen MR) is 76.5 cm³/mol. The molecular formula is C15H26N2O3. The summed E-state index contributed by atoms with van der Waals surface area (Å²) >= 11 is 0. The lowest BCUT2D eigenvalue weighted by Gasteiger charge is -2.42. The highest BCUT2D eigenvalue weighted by Gasteiger charge is 2.45. The van der Waals surface area contributed by atoms with E-state index < -0.39 is 11.5 Å². The summed E-state index contributed by atoms with van der Waals surface area (Å²) in [6.45, 7) is 6.52. The number of piperidine rings is 1. The van der Waals surface area contributed by atoms with Gasteiger partial charge in [0, 0.05) is 12.6 Å². The molecule has 0 aromatic heterocycles. The third kappa shape index (κ3) is 2.63. The molecule has 2 N–H and O–H groups in total. The number of carbonyl (C=O) groups excluding carboxylic acids is 1. The molecule has 2 unspecified atom stereocenters. The number of carboxylic acid groups (broad SMARTS) is 1. The van der Waals surface area contributed by atoms with Gasteiger partial charge in [-0.25, -0.2) is 9.59 Å². The molecule has 0 radical (unpaired) electrons. The van der Waals surface area contributed by atoms with Crippen LogP contribution in [0.5, 0.6) is 0 Å². The summed E-state index contributed by atoms with van der Waals surface area (Å²) in [4.78, 5) is 25.6. The molecule has 2 amide bonds. The van der Waals surface area contributed by atoms with Gasteiger partial charge in [-0.3, -0.25) is 0 Å². The highest BCUT2D eigenvalue weighted by Crippen LogP contribution is 2.37. The van der Waals surface area contributed by atoms with Crippen LogP contribution in [-0.2, 0) is 4.79 Å². The van der Waals surface area contributed by atoms with Crippen LogP contribution in [0.15, 0.2) is 0 Å². The SMILES string of the molecule is CC1(C)CCCC1NC(=O)N1CCCCC1(C)C(=O)O. The second-order valence-corrected chi connectivity index (χ2v) is 7.07. The quantitative estimate of drug-likeness (QED) is 0.818. The van der Waals surface area contributed by atoms with Crippen molar-refractivity contribution in [2.75, 3.05) is 6.54 Å². The molecule has 0 aromatic rings. The molecule has 1 aliphatic carbocycles. The van der Waals surface area contributed by atoms with Gasteiger partial charge in [0.2, 0.25) is 0 Å². The summed E-state index contributed by atoms with van der Waals surface area (Å²) < 4.78 is 0. The molecule has 2 atom stereocenters. The van der Waals surface area contributed by atoms with E-state index in [-0.39, 0.29) is 17.5 Å². The topological polar surface area (TPSA) is 69.6 Å². The molecule has 1 aliphatic heterocycles. The molecule has 2 aliphatic rings. The van der Waals surface area contributed by atoms with Crippen LogP contribution in [0.1, 0.15) is 59.3 Å². The summed E-state index contributed by atoms with van der Waals surface area (Å²) in [6, 6.07) is -0.0652. The number of urea groups is 1. The average Bonchev–Trinajstić information content (AvgIpc) is 2.69. The fourth-order valence-electron chi connectivity index (χ4n) is 3.49. The van der Waals surface area contributed by atoms with Gasteiger partial charge in [0.15, 0.2) is 0 Å². The molecule has 1 saturated heterocycles. The van der Waals surface area contributed by atoms with Gasteiger partial charge in [-0.1, -0.05) is 20.3 Å². The number of likely N-dealkylation sites (tertiary alicyclic amines) is 1. The van der Waals surface area contributed by atoms with Crippen LogP contribution < -0.4 is 5.32 Å². The van der Waals surface area contributed by atoms with E-state index in [9.17, 15) is 14.7 Å². The van der Waals surface area contributed by atoms with Crippen molar-refractivity contribution in [2.45, 2.75) is 70.9 Å². The second-order valence-electron chi connectivity index (χ2n) is 7.07. The van der Waals surface area contributed by atoms with Crippen LogP contribution >= 0.6 is 0 Å². The number of nitrogens with zero attached hydrogens (tertiary/aromatic N) is 1. The Kier molecular flexibility index (Phi) is 3.98. The zero-order valence-electron chi connectivity index (χ0n) is 12.7. The Morgan fingerprint density at radius 1 is 1.15 bits per heavy atom. The number of rotatable bonds is 2. The molecule has 1 saturated carbocycles. The average molecular weight is 282 g/mol. The van der Waals surface area contributed by atoms with Gasteiger partial charge >= 0.3 is 12.0 Å². The van der Waals surface area contributed by atoms with Crippen LogP contribution in [0.2, 0.25) is 0 Å². The Morgan fingerprint density at radius 2 is 1.85 bits per heavy atom. The van der Waals surface area contributed by atoms with E-state index in [0.717, 1.165) is 32.1 Å². The van der Waals surface area contributed by atoms with E-state index >= 15 is 0 Å². The first-order valence-electron chi connectivity index (χ1n) is 7.59. The maximum Gasteiger partial charge on any atom is 0.329 e. The van der Waals surface area contributed by atoms with Gasteiger partial charge in [-0.2, -0.15) is 0 Å². The number of carboxylic acids is 1. The summed E-state index contributed by atoms with van der Waals surface area (Å²) in [7, 11) is 0. The summed E-state index contributed by atoms with van der Waals surface area (Å²) in [6.07, 6.45) is 5.48. The molecule has 5 nitrogen and oxygen atoms in total. The first-order valence-corrected chi connectivity index (χ1v) is 7.59. The lowest BCUT2D eigenvalue weighted by Crippen LogP contribution is -2.61. The third-order valence-corrected chi connectivity index (χ3v) is 5.15. The van der Waals surface area contributed by atoms with Gasteiger partial charge in [0.1, 0.15) is 5.54 Å². The Balaban J connectivity index is 2.09. The fraction of sp³-hybridized carbons (Fsp3) is 0.867. The smallest absolute Gasteiger partial charge is 0.329 e. The number of hydrogen-bond acceptors (Lipinski definition) is 2. The van der Waals surface area contributed by atoms with Gasteiger partial charge in [-0.05, 0) is 44.4 Å². The Morgan fingerprint density at radius 3 is 2.40 bits per heavy atom. The molecule has 0 spiro atoms. The fourth-order valence-corrected chi connectivity index (χ4v) is 3.49. The highest BCUT2D eigenvalue weighted by molar-refractivity contribution is 5.86. The zero-order chi connectivity index (χ0) is 15.0. The monoisotopic (exact) mass is 282 g/mol. The van der Waals surface area contributed by atoms with Crippen molar-refractivity contribution in [3.63, 3.8) is 0 Å². The minimum atomic E-state index is -1.06. The summed E-state index contributed by atoms with van der Waals surface area (Å²) in [5.41, 5.74) is -0.962. The molecule has 114 valence electrons. The van der Waals surface area contributed by atoms with Crippen LogP contribution in [0, 0.1) is 5.41 Å².